The fraction of sp³-hybridized carbons (Fsp3) is 0.294. The van der Waals surface area contributed by atoms with Gasteiger partial charge in [-0.1, -0.05) is 54.9 Å². The summed E-state index contributed by atoms with van der Waals surface area (Å²) in [6.45, 7) is 5.67. The Kier molecular flexibility index (Phi) is 5.45. The highest BCUT2D eigenvalue weighted by atomic mass is 35.5. The molecule has 0 amide bonds. The van der Waals surface area contributed by atoms with Crippen molar-refractivity contribution in [2.24, 2.45) is 0 Å². The van der Waals surface area contributed by atoms with E-state index < -0.39 is 0 Å². The van der Waals surface area contributed by atoms with E-state index in [1.54, 1.807) is 0 Å². The van der Waals surface area contributed by atoms with E-state index in [0.29, 0.717) is 6.61 Å². The van der Waals surface area contributed by atoms with Gasteiger partial charge in [0.25, 0.3) is 0 Å². The van der Waals surface area contributed by atoms with Crippen LogP contribution in [0.4, 0.5) is 0 Å². The summed E-state index contributed by atoms with van der Waals surface area (Å²) in [5.74, 6) is 0.798. The topological polar surface area (TPSA) is 21.3 Å². The zero-order chi connectivity index (χ0) is 14.4. The van der Waals surface area contributed by atoms with Crippen molar-refractivity contribution in [3.63, 3.8) is 0 Å². The summed E-state index contributed by atoms with van der Waals surface area (Å²) in [5, 5.41) is 4.09. The molecule has 106 valence electrons. The van der Waals surface area contributed by atoms with Gasteiger partial charge in [-0.2, -0.15) is 0 Å². The maximum atomic E-state index is 6.32. The molecule has 2 nitrogen and oxygen atoms in total. The van der Waals surface area contributed by atoms with E-state index in [2.05, 4.69) is 19.2 Å². The van der Waals surface area contributed by atoms with Crippen molar-refractivity contribution >= 4 is 11.6 Å². The Bertz CT molecular complexity index is 542. The second-order valence-electron chi connectivity index (χ2n) is 4.74. The van der Waals surface area contributed by atoms with Crippen LogP contribution in [0.2, 0.25) is 5.02 Å². The Hall–Kier alpha value is -1.51. The Morgan fingerprint density at radius 3 is 2.55 bits per heavy atom. The van der Waals surface area contributed by atoms with Crippen molar-refractivity contribution in [3.8, 4) is 5.75 Å². The molecular formula is C17H20ClNO. The third-order valence-corrected chi connectivity index (χ3v) is 3.52. The van der Waals surface area contributed by atoms with E-state index in [-0.39, 0.29) is 6.04 Å². The van der Waals surface area contributed by atoms with Gasteiger partial charge in [-0.15, -0.1) is 0 Å². The third kappa shape index (κ3) is 3.99. The smallest absolute Gasteiger partial charge is 0.121 e. The molecule has 1 N–H and O–H groups in total. The van der Waals surface area contributed by atoms with Crippen molar-refractivity contribution in [3.05, 3.63) is 64.7 Å². The minimum atomic E-state index is 0.246. The monoisotopic (exact) mass is 289 g/mol. The molecule has 1 atom stereocenters. The van der Waals surface area contributed by atoms with E-state index in [9.17, 15) is 0 Å². The molecular weight excluding hydrogens is 270 g/mol. The van der Waals surface area contributed by atoms with Crippen LogP contribution in [0.3, 0.4) is 0 Å². The number of hydrogen-bond donors (Lipinski definition) is 1. The average Bonchev–Trinajstić information content (AvgIpc) is 2.46. The standard InChI is InChI=1S/C17H20ClNO/c1-3-19-13(2)16-10-9-15(11-17(16)18)20-12-14-7-5-4-6-8-14/h4-11,13,19H,3,12H2,1-2H3. The van der Waals surface area contributed by atoms with Crippen LogP contribution in [0.25, 0.3) is 0 Å². The molecule has 1 unspecified atom stereocenters. The van der Waals surface area contributed by atoms with Crippen molar-refractivity contribution in [1.82, 2.24) is 5.32 Å². The molecule has 0 heterocycles. The highest BCUT2D eigenvalue weighted by Gasteiger charge is 2.09. The van der Waals surface area contributed by atoms with Crippen LogP contribution in [-0.4, -0.2) is 6.54 Å². The maximum Gasteiger partial charge on any atom is 0.121 e. The first-order valence-corrected chi connectivity index (χ1v) is 7.28. The minimum Gasteiger partial charge on any atom is -0.489 e. The van der Waals surface area contributed by atoms with Crippen molar-refractivity contribution < 1.29 is 4.74 Å². The molecule has 0 spiro atoms. The fourth-order valence-corrected chi connectivity index (χ4v) is 2.44. The Morgan fingerprint density at radius 2 is 1.90 bits per heavy atom. The summed E-state index contributed by atoms with van der Waals surface area (Å²) in [4.78, 5) is 0. The Labute approximate surface area is 125 Å². The van der Waals surface area contributed by atoms with Gasteiger partial charge in [-0.05, 0) is 36.7 Å². The summed E-state index contributed by atoms with van der Waals surface area (Å²) in [5.41, 5.74) is 2.24. The first-order chi connectivity index (χ1) is 9.70. The number of nitrogens with one attached hydrogen (secondary N) is 1. The molecule has 2 aromatic carbocycles. The lowest BCUT2D eigenvalue weighted by molar-refractivity contribution is 0.306. The molecule has 0 aliphatic heterocycles. The van der Waals surface area contributed by atoms with Gasteiger partial charge in [-0.3, -0.25) is 0 Å². The lowest BCUT2D eigenvalue weighted by atomic mass is 10.1. The highest BCUT2D eigenvalue weighted by molar-refractivity contribution is 6.31. The third-order valence-electron chi connectivity index (χ3n) is 3.20. The number of halogens is 1. The van der Waals surface area contributed by atoms with Gasteiger partial charge >= 0.3 is 0 Å². The molecule has 0 aliphatic carbocycles. The van der Waals surface area contributed by atoms with Crippen LogP contribution in [0.15, 0.2) is 48.5 Å². The quantitative estimate of drug-likeness (QED) is 0.840. The second kappa shape index (κ2) is 7.32. The zero-order valence-electron chi connectivity index (χ0n) is 11.9. The first-order valence-electron chi connectivity index (χ1n) is 6.90. The van der Waals surface area contributed by atoms with Crippen LogP contribution in [0.1, 0.15) is 31.0 Å². The minimum absolute atomic E-state index is 0.246. The number of hydrogen-bond acceptors (Lipinski definition) is 2. The Morgan fingerprint density at radius 1 is 1.15 bits per heavy atom. The van der Waals surface area contributed by atoms with Crippen LogP contribution in [0.5, 0.6) is 5.75 Å². The Balaban J connectivity index is 2.02. The van der Waals surface area contributed by atoms with Crippen molar-refractivity contribution in [1.29, 1.82) is 0 Å². The van der Waals surface area contributed by atoms with E-state index >= 15 is 0 Å². The zero-order valence-corrected chi connectivity index (χ0v) is 12.7. The fourth-order valence-electron chi connectivity index (χ4n) is 2.11. The van der Waals surface area contributed by atoms with Gasteiger partial charge in [0.1, 0.15) is 12.4 Å². The van der Waals surface area contributed by atoms with E-state index in [4.69, 9.17) is 16.3 Å². The van der Waals surface area contributed by atoms with Crippen molar-refractivity contribution in [2.75, 3.05) is 6.54 Å². The highest BCUT2D eigenvalue weighted by Crippen LogP contribution is 2.27. The van der Waals surface area contributed by atoms with E-state index in [1.807, 2.05) is 48.5 Å². The lowest BCUT2D eigenvalue weighted by Crippen LogP contribution is -2.17. The molecule has 0 saturated heterocycles. The van der Waals surface area contributed by atoms with E-state index in [0.717, 1.165) is 28.4 Å². The molecule has 0 aromatic heterocycles. The molecule has 0 aliphatic rings. The lowest BCUT2D eigenvalue weighted by Gasteiger charge is -2.15. The molecule has 20 heavy (non-hydrogen) atoms. The molecule has 0 fully saturated rings. The number of benzene rings is 2. The summed E-state index contributed by atoms with van der Waals surface area (Å²) in [7, 11) is 0. The molecule has 3 heteroatoms. The molecule has 0 bridgehead atoms. The predicted molar refractivity (Wildman–Crippen MR) is 84.3 cm³/mol. The van der Waals surface area contributed by atoms with Gasteiger partial charge in [0.05, 0.1) is 0 Å². The van der Waals surface area contributed by atoms with Crippen LogP contribution in [-0.2, 0) is 6.61 Å². The SMILES string of the molecule is CCNC(C)c1ccc(OCc2ccccc2)cc1Cl. The first kappa shape index (κ1) is 14.9. The van der Waals surface area contributed by atoms with Crippen LogP contribution < -0.4 is 10.1 Å². The van der Waals surface area contributed by atoms with Gasteiger partial charge in [0, 0.05) is 11.1 Å². The normalized spacial score (nSPS) is 12.2. The number of ether oxygens (including phenoxy) is 1. The van der Waals surface area contributed by atoms with Crippen molar-refractivity contribution in [2.45, 2.75) is 26.5 Å². The molecule has 2 rings (SSSR count). The maximum absolute atomic E-state index is 6.32. The van der Waals surface area contributed by atoms with Gasteiger partial charge < -0.3 is 10.1 Å². The van der Waals surface area contributed by atoms with Gasteiger partial charge in [-0.25, -0.2) is 0 Å². The second-order valence-corrected chi connectivity index (χ2v) is 5.14. The summed E-state index contributed by atoms with van der Waals surface area (Å²) in [6, 6.07) is 16.2. The summed E-state index contributed by atoms with van der Waals surface area (Å²) in [6.07, 6.45) is 0. The van der Waals surface area contributed by atoms with Gasteiger partial charge in [0.2, 0.25) is 0 Å². The average molecular weight is 290 g/mol. The van der Waals surface area contributed by atoms with E-state index in [1.165, 1.54) is 0 Å². The summed E-state index contributed by atoms with van der Waals surface area (Å²) >= 11 is 6.32. The number of rotatable bonds is 6. The largest absolute Gasteiger partial charge is 0.489 e. The predicted octanol–water partition coefficient (Wildman–Crippen LogP) is 4.59. The molecule has 0 radical (unpaired) electrons. The van der Waals surface area contributed by atoms with Gasteiger partial charge in [0.15, 0.2) is 0 Å². The van der Waals surface area contributed by atoms with Crippen LogP contribution in [0, 0.1) is 0 Å². The summed E-state index contributed by atoms with van der Waals surface area (Å²) < 4.78 is 5.76. The van der Waals surface area contributed by atoms with Crippen LogP contribution >= 0.6 is 11.6 Å². The molecule has 0 saturated carbocycles. The molecule has 2 aromatic rings.